The number of hydrogen-bond donors (Lipinski definition) is 2. The van der Waals surface area contributed by atoms with Crippen LogP contribution < -0.4 is 15.5 Å². The summed E-state index contributed by atoms with van der Waals surface area (Å²) in [6.45, 7) is 2.82. The Labute approximate surface area is 195 Å². The van der Waals surface area contributed by atoms with Gasteiger partial charge >= 0.3 is 0 Å². The van der Waals surface area contributed by atoms with E-state index in [0.29, 0.717) is 18.3 Å². The number of carbonyl (C=O) groups excluding carboxylic acids is 2. The molecule has 0 aliphatic carbocycles. The lowest BCUT2D eigenvalue weighted by Crippen LogP contribution is -2.36. The Kier molecular flexibility index (Phi) is 6.77. The maximum atomic E-state index is 12.2. The Morgan fingerprint density at radius 1 is 1.21 bits per heavy atom. The van der Waals surface area contributed by atoms with E-state index >= 15 is 0 Å². The van der Waals surface area contributed by atoms with Crippen molar-refractivity contribution < 1.29 is 22.7 Å². The van der Waals surface area contributed by atoms with Gasteiger partial charge in [0.1, 0.15) is 0 Å². The zero-order valence-electron chi connectivity index (χ0n) is 17.9. The summed E-state index contributed by atoms with van der Waals surface area (Å²) in [7, 11) is -3.48. The molecule has 174 valence electrons. The van der Waals surface area contributed by atoms with E-state index in [2.05, 4.69) is 32.7 Å². The molecule has 1 saturated heterocycles. The van der Waals surface area contributed by atoms with E-state index < -0.39 is 21.8 Å². The Balaban J connectivity index is 1.33. The van der Waals surface area contributed by atoms with E-state index in [1.807, 2.05) is 17.5 Å². The Bertz CT molecular complexity index is 1260. The second-order valence-corrected chi connectivity index (χ2v) is 10.2. The molecule has 33 heavy (non-hydrogen) atoms. The van der Waals surface area contributed by atoms with E-state index in [0.717, 1.165) is 40.3 Å². The molecule has 1 aromatic carbocycles. The van der Waals surface area contributed by atoms with Crippen molar-refractivity contribution in [2.24, 2.45) is 0 Å². The SMILES string of the molecule is CS(=O)(=O)n1ccc(C(=O)NCC(=O)Nc2nc(-c3cccc(N4CCOCC4)c3)cs2)c1. The fourth-order valence-electron chi connectivity index (χ4n) is 3.29. The van der Waals surface area contributed by atoms with Crippen LogP contribution in [0.1, 0.15) is 10.4 Å². The van der Waals surface area contributed by atoms with Gasteiger partial charge in [-0.05, 0) is 18.2 Å². The lowest BCUT2D eigenvalue weighted by Gasteiger charge is -2.29. The van der Waals surface area contributed by atoms with Crippen molar-refractivity contribution in [1.82, 2.24) is 14.3 Å². The molecule has 1 aliphatic rings. The van der Waals surface area contributed by atoms with E-state index in [1.54, 1.807) is 0 Å². The molecule has 0 radical (unpaired) electrons. The van der Waals surface area contributed by atoms with Crippen molar-refractivity contribution in [2.45, 2.75) is 0 Å². The van der Waals surface area contributed by atoms with Crippen LogP contribution in [0.2, 0.25) is 0 Å². The fraction of sp³-hybridized carbons (Fsp3) is 0.286. The molecule has 12 heteroatoms. The molecule has 0 bridgehead atoms. The summed E-state index contributed by atoms with van der Waals surface area (Å²) in [5.74, 6) is -0.985. The van der Waals surface area contributed by atoms with Crippen LogP contribution in [0.25, 0.3) is 11.3 Å². The second-order valence-electron chi connectivity index (χ2n) is 7.41. The first kappa shape index (κ1) is 23.0. The molecule has 0 spiro atoms. The number of hydrogen-bond acceptors (Lipinski definition) is 8. The van der Waals surface area contributed by atoms with Gasteiger partial charge in [0, 0.05) is 42.1 Å². The van der Waals surface area contributed by atoms with E-state index in [4.69, 9.17) is 4.74 Å². The normalized spacial score (nSPS) is 14.2. The monoisotopic (exact) mass is 489 g/mol. The van der Waals surface area contributed by atoms with Crippen LogP contribution in [0.15, 0.2) is 48.1 Å². The number of rotatable bonds is 7. The fourth-order valence-corrected chi connectivity index (χ4v) is 4.61. The average Bonchev–Trinajstić information content (AvgIpc) is 3.48. The highest BCUT2D eigenvalue weighted by molar-refractivity contribution is 7.89. The predicted octanol–water partition coefficient (Wildman–Crippen LogP) is 1.62. The lowest BCUT2D eigenvalue weighted by atomic mass is 10.1. The zero-order valence-corrected chi connectivity index (χ0v) is 19.5. The van der Waals surface area contributed by atoms with Gasteiger partial charge in [-0.15, -0.1) is 11.3 Å². The van der Waals surface area contributed by atoms with Gasteiger partial charge in [0.25, 0.3) is 5.91 Å². The number of morpholine rings is 1. The van der Waals surface area contributed by atoms with Crippen LogP contribution in [0.5, 0.6) is 0 Å². The van der Waals surface area contributed by atoms with Crippen LogP contribution in [0.4, 0.5) is 10.8 Å². The topological polar surface area (TPSA) is 123 Å². The minimum atomic E-state index is -3.48. The molecule has 2 amide bonds. The summed E-state index contributed by atoms with van der Waals surface area (Å²) < 4.78 is 29.3. The van der Waals surface area contributed by atoms with Gasteiger partial charge in [0.2, 0.25) is 15.9 Å². The number of benzene rings is 1. The lowest BCUT2D eigenvalue weighted by molar-refractivity contribution is -0.115. The summed E-state index contributed by atoms with van der Waals surface area (Å²) in [5.41, 5.74) is 2.93. The summed E-state index contributed by atoms with van der Waals surface area (Å²) in [6, 6.07) is 9.43. The molecule has 1 aliphatic heterocycles. The van der Waals surface area contributed by atoms with Gasteiger partial charge in [0.05, 0.1) is 37.3 Å². The van der Waals surface area contributed by atoms with Crippen LogP contribution in [-0.4, -0.2) is 68.3 Å². The van der Waals surface area contributed by atoms with Crippen LogP contribution in [0.3, 0.4) is 0 Å². The van der Waals surface area contributed by atoms with Gasteiger partial charge in [-0.2, -0.15) is 0 Å². The zero-order chi connectivity index (χ0) is 23.4. The van der Waals surface area contributed by atoms with Crippen molar-refractivity contribution in [1.29, 1.82) is 0 Å². The average molecular weight is 490 g/mol. The molecular weight excluding hydrogens is 466 g/mol. The summed E-state index contributed by atoms with van der Waals surface area (Å²) in [6.07, 6.45) is 3.50. The van der Waals surface area contributed by atoms with E-state index in [9.17, 15) is 18.0 Å². The van der Waals surface area contributed by atoms with Crippen LogP contribution >= 0.6 is 11.3 Å². The highest BCUT2D eigenvalue weighted by atomic mass is 32.2. The standard InChI is InChI=1S/C21H23N5O5S2/c1-33(29,30)26-6-5-16(13-26)20(28)22-12-19(27)24-21-23-18(14-32-21)15-3-2-4-17(11-15)25-7-9-31-10-8-25/h2-6,11,13-14H,7-10,12H2,1H3,(H,22,28)(H,23,24,27). The molecule has 2 aromatic heterocycles. The van der Waals surface area contributed by atoms with Crippen molar-refractivity contribution >= 4 is 44.0 Å². The predicted molar refractivity (Wildman–Crippen MR) is 126 cm³/mol. The van der Waals surface area contributed by atoms with Crippen LogP contribution in [-0.2, 0) is 19.6 Å². The van der Waals surface area contributed by atoms with E-state index in [1.165, 1.54) is 29.8 Å². The Morgan fingerprint density at radius 3 is 2.73 bits per heavy atom. The van der Waals surface area contributed by atoms with Crippen molar-refractivity contribution in [2.75, 3.05) is 49.3 Å². The molecule has 1 fully saturated rings. The van der Waals surface area contributed by atoms with Gasteiger partial charge < -0.3 is 20.3 Å². The maximum Gasteiger partial charge on any atom is 0.253 e. The molecule has 3 heterocycles. The maximum absolute atomic E-state index is 12.2. The number of nitrogens with zero attached hydrogens (tertiary/aromatic N) is 3. The quantitative estimate of drug-likeness (QED) is 0.517. The molecule has 0 unspecified atom stereocenters. The number of ether oxygens (including phenoxy) is 1. The van der Waals surface area contributed by atoms with Gasteiger partial charge in [0.15, 0.2) is 5.13 Å². The number of nitrogens with one attached hydrogen (secondary N) is 2. The van der Waals surface area contributed by atoms with Gasteiger partial charge in [-0.25, -0.2) is 13.4 Å². The van der Waals surface area contributed by atoms with Crippen molar-refractivity contribution in [3.63, 3.8) is 0 Å². The summed E-state index contributed by atoms with van der Waals surface area (Å²) in [5, 5.41) is 7.42. The second kappa shape index (κ2) is 9.73. The number of amides is 2. The molecular formula is C21H23N5O5S2. The smallest absolute Gasteiger partial charge is 0.253 e. The minimum absolute atomic E-state index is 0.143. The molecule has 10 nitrogen and oxygen atoms in total. The highest BCUT2D eigenvalue weighted by Gasteiger charge is 2.15. The highest BCUT2D eigenvalue weighted by Crippen LogP contribution is 2.28. The summed E-state index contributed by atoms with van der Waals surface area (Å²) >= 11 is 1.29. The number of anilines is 2. The Hall–Kier alpha value is -3.22. The first-order valence-corrected chi connectivity index (χ1v) is 12.9. The number of carbonyl (C=O) groups is 2. The molecule has 0 saturated carbocycles. The first-order valence-electron chi connectivity index (χ1n) is 10.1. The first-order chi connectivity index (χ1) is 15.8. The molecule has 3 aromatic rings. The molecule has 4 rings (SSSR count). The van der Waals surface area contributed by atoms with Crippen molar-refractivity contribution in [3.05, 3.63) is 53.7 Å². The Morgan fingerprint density at radius 2 is 2.00 bits per heavy atom. The van der Waals surface area contributed by atoms with Gasteiger partial charge in [-0.1, -0.05) is 12.1 Å². The van der Waals surface area contributed by atoms with Crippen LogP contribution in [0, 0.1) is 0 Å². The largest absolute Gasteiger partial charge is 0.378 e. The summed E-state index contributed by atoms with van der Waals surface area (Å²) in [4.78, 5) is 31.2. The molecule has 0 atom stereocenters. The number of thiazole rings is 1. The third-order valence-corrected chi connectivity index (χ3v) is 6.74. The van der Waals surface area contributed by atoms with Gasteiger partial charge in [-0.3, -0.25) is 13.6 Å². The van der Waals surface area contributed by atoms with Crippen molar-refractivity contribution in [3.8, 4) is 11.3 Å². The number of aromatic nitrogens is 2. The molecule has 2 N–H and O–H groups in total. The third kappa shape index (κ3) is 5.78. The third-order valence-electron chi connectivity index (χ3n) is 4.99. The van der Waals surface area contributed by atoms with E-state index in [-0.39, 0.29) is 12.1 Å². The minimum Gasteiger partial charge on any atom is -0.378 e.